The first kappa shape index (κ1) is 13.0. The first-order chi connectivity index (χ1) is 8.68. The minimum Gasteiger partial charge on any atom is -0.315 e. The first-order valence-electron chi connectivity index (χ1n) is 6.31. The molecule has 0 aromatic heterocycles. The molecule has 0 bridgehead atoms. The predicted octanol–water partition coefficient (Wildman–Crippen LogP) is 1.43. The van der Waals surface area contributed by atoms with Gasteiger partial charge in [-0.2, -0.15) is 0 Å². The summed E-state index contributed by atoms with van der Waals surface area (Å²) in [6.07, 6.45) is 1.89. The normalized spacial score (nSPS) is 19.3. The number of rotatable bonds is 5. The SMILES string of the molecule is CN(CCc1ccccc1[N+](=O)[O-])C1CCNC1. The monoisotopic (exact) mass is 249 g/mol. The van der Waals surface area contributed by atoms with Crippen molar-refractivity contribution in [3.63, 3.8) is 0 Å². The number of nitro benzene ring substituents is 1. The van der Waals surface area contributed by atoms with E-state index >= 15 is 0 Å². The highest BCUT2D eigenvalue weighted by Crippen LogP contribution is 2.18. The average Bonchev–Trinajstić information content (AvgIpc) is 2.90. The van der Waals surface area contributed by atoms with E-state index in [-0.39, 0.29) is 10.6 Å². The molecule has 0 radical (unpaired) electrons. The maximum Gasteiger partial charge on any atom is 0.272 e. The van der Waals surface area contributed by atoms with Gasteiger partial charge in [0.25, 0.3) is 5.69 Å². The lowest BCUT2D eigenvalue weighted by atomic mass is 10.1. The largest absolute Gasteiger partial charge is 0.315 e. The molecule has 2 rings (SSSR count). The fourth-order valence-electron chi connectivity index (χ4n) is 2.40. The van der Waals surface area contributed by atoms with Gasteiger partial charge in [-0.25, -0.2) is 0 Å². The summed E-state index contributed by atoms with van der Waals surface area (Å²) in [7, 11) is 2.09. The highest BCUT2D eigenvalue weighted by Gasteiger charge is 2.20. The van der Waals surface area contributed by atoms with Crippen molar-refractivity contribution in [3.8, 4) is 0 Å². The Morgan fingerprint density at radius 3 is 2.94 bits per heavy atom. The zero-order valence-electron chi connectivity index (χ0n) is 10.6. The van der Waals surface area contributed by atoms with Gasteiger partial charge in [0, 0.05) is 30.8 Å². The standard InChI is InChI=1S/C13H19N3O2/c1-15(12-6-8-14-10-12)9-7-11-4-2-3-5-13(11)16(17)18/h2-5,12,14H,6-10H2,1H3. The molecule has 1 aliphatic heterocycles. The van der Waals surface area contributed by atoms with Crippen LogP contribution in [0.25, 0.3) is 0 Å². The van der Waals surface area contributed by atoms with Crippen LogP contribution in [-0.2, 0) is 6.42 Å². The summed E-state index contributed by atoms with van der Waals surface area (Å²) >= 11 is 0. The summed E-state index contributed by atoms with van der Waals surface area (Å²) in [6.45, 7) is 2.95. The third kappa shape index (κ3) is 3.05. The molecule has 0 spiro atoms. The maximum absolute atomic E-state index is 10.9. The van der Waals surface area contributed by atoms with Gasteiger partial charge in [-0.15, -0.1) is 0 Å². The minimum atomic E-state index is -0.299. The Kier molecular flexibility index (Phi) is 4.28. The lowest BCUT2D eigenvalue weighted by molar-refractivity contribution is -0.385. The van der Waals surface area contributed by atoms with Crippen LogP contribution in [0, 0.1) is 10.1 Å². The molecule has 0 saturated carbocycles. The highest BCUT2D eigenvalue weighted by atomic mass is 16.6. The first-order valence-corrected chi connectivity index (χ1v) is 6.31. The second kappa shape index (κ2) is 5.93. The Labute approximate surface area is 107 Å². The molecule has 1 aliphatic rings. The molecule has 5 heteroatoms. The zero-order chi connectivity index (χ0) is 13.0. The quantitative estimate of drug-likeness (QED) is 0.633. The number of hydrogen-bond donors (Lipinski definition) is 1. The fraction of sp³-hybridized carbons (Fsp3) is 0.538. The van der Waals surface area contributed by atoms with Gasteiger partial charge in [-0.1, -0.05) is 18.2 Å². The van der Waals surface area contributed by atoms with Crippen LogP contribution in [-0.4, -0.2) is 42.5 Å². The summed E-state index contributed by atoms with van der Waals surface area (Å²) < 4.78 is 0. The number of benzene rings is 1. The lowest BCUT2D eigenvalue weighted by Crippen LogP contribution is -2.34. The van der Waals surface area contributed by atoms with Gasteiger partial charge in [0.15, 0.2) is 0 Å². The third-order valence-electron chi connectivity index (χ3n) is 3.58. The summed E-state index contributed by atoms with van der Waals surface area (Å²) in [4.78, 5) is 12.9. The van der Waals surface area contributed by atoms with Crippen molar-refractivity contribution in [1.29, 1.82) is 0 Å². The fourth-order valence-corrected chi connectivity index (χ4v) is 2.40. The molecular formula is C13H19N3O2. The van der Waals surface area contributed by atoms with Gasteiger partial charge in [0.05, 0.1) is 4.92 Å². The van der Waals surface area contributed by atoms with Crippen LogP contribution in [0.2, 0.25) is 0 Å². The van der Waals surface area contributed by atoms with E-state index in [2.05, 4.69) is 17.3 Å². The summed E-state index contributed by atoms with van der Waals surface area (Å²) in [5, 5.41) is 14.2. The predicted molar refractivity (Wildman–Crippen MR) is 70.7 cm³/mol. The molecule has 1 aromatic rings. The van der Waals surface area contributed by atoms with Gasteiger partial charge >= 0.3 is 0 Å². The lowest BCUT2D eigenvalue weighted by Gasteiger charge is -2.23. The van der Waals surface area contributed by atoms with Crippen molar-refractivity contribution in [2.45, 2.75) is 18.9 Å². The molecule has 1 fully saturated rings. The molecule has 18 heavy (non-hydrogen) atoms. The molecule has 1 N–H and O–H groups in total. The number of nitrogens with one attached hydrogen (secondary N) is 1. The number of likely N-dealkylation sites (N-methyl/N-ethyl adjacent to an activating group) is 1. The molecule has 5 nitrogen and oxygen atoms in total. The van der Waals surface area contributed by atoms with Crippen LogP contribution >= 0.6 is 0 Å². The van der Waals surface area contributed by atoms with E-state index in [9.17, 15) is 10.1 Å². The number of para-hydroxylation sites is 1. The third-order valence-corrected chi connectivity index (χ3v) is 3.58. The minimum absolute atomic E-state index is 0.232. The zero-order valence-corrected chi connectivity index (χ0v) is 10.6. The van der Waals surface area contributed by atoms with E-state index in [0.29, 0.717) is 6.04 Å². The number of nitro groups is 1. The van der Waals surface area contributed by atoms with Gasteiger partial charge < -0.3 is 10.2 Å². The molecule has 1 saturated heterocycles. The van der Waals surface area contributed by atoms with Crippen LogP contribution < -0.4 is 5.32 Å². The Hall–Kier alpha value is -1.46. The van der Waals surface area contributed by atoms with Crippen LogP contribution in [0.15, 0.2) is 24.3 Å². The van der Waals surface area contributed by atoms with Crippen LogP contribution in [0.1, 0.15) is 12.0 Å². The van der Waals surface area contributed by atoms with E-state index in [1.54, 1.807) is 12.1 Å². The van der Waals surface area contributed by atoms with Crippen molar-refractivity contribution in [1.82, 2.24) is 10.2 Å². The van der Waals surface area contributed by atoms with Crippen molar-refractivity contribution in [3.05, 3.63) is 39.9 Å². The molecule has 1 unspecified atom stereocenters. The molecule has 98 valence electrons. The summed E-state index contributed by atoms with van der Waals surface area (Å²) in [6, 6.07) is 7.56. The van der Waals surface area contributed by atoms with Crippen molar-refractivity contribution < 1.29 is 4.92 Å². The van der Waals surface area contributed by atoms with Crippen LogP contribution in [0.3, 0.4) is 0 Å². The van der Waals surface area contributed by atoms with Crippen molar-refractivity contribution in [2.75, 3.05) is 26.7 Å². The molecule has 0 amide bonds. The second-order valence-corrected chi connectivity index (χ2v) is 4.76. The van der Waals surface area contributed by atoms with Gasteiger partial charge in [-0.05, 0) is 26.4 Å². The number of nitrogens with zero attached hydrogens (tertiary/aromatic N) is 2. The highest BCUT2D eigenvalue weighted by molar-refractivity contribution is 5.39. The Balaban J connectivity index is 1.95. The smallest absolute Gasteiger partial charge is 0.272 e. The topological polar surface area (TPSA) is 58.4 Å². The van der Waals surface area contributed by atoms with E-state index in [1.807, 2.05) is 12.1 Å². The van der Waals surface area contributed by atoms with Gasteiger partial charge in [-0.3, -0.25) is 10.1 Å². The number of hydrogen-bond acceptors (Lipinski definition) is 4. The molecule has 1 aromatic carbocycles. The summed E-state index contributed by atoms with van der Waals surface area (Å²) in [5.41, 5.74) is 1.05. The molecular weight excluding hydrogens is 230 g/mol. The van der Waals surface area contributed by atoms with Crippen molar-refractivity contribution in [2.24, 2.45) is 0 Å². The Bertz CT molecular complexity index is 416. The van der Waals surface area contributed by atoms with E-state index in [0.717, 1.165) is 38.0 Å². The van der Waals surface area contributed by atoms with E-state index in [4.69, 9.17) is 0 Å². The van der Waals surface area contributed by atoms with Crippen molar-refractivity contribution >= 4 is 5.69 Å². The molecule has 1 atom stereocenters. The molecule has 0 aliphatic carbocycles. The maximum atomic E-state index is 10.9. The van der Waals surface area contributed by atoms with Crippen LogP contribution in [0.4, 0.5) is 5.69 Å². The Morgan fingerprint density at radius 2 is 2.28 bits per heavy atom. The van der Waals surface area contributed by atoms with Gasteiger partial charge in [0.1, 0.15) is 0 Å². The summed E-state index contributed by atoms with van der Waals surface area (Å²) in [5.74, 6) is 0. The van der Waals surface area contributed by atoms with E-state index < -0.39 is 0 Å². The molecule has 1 heterocycles. The average molecular weight is 249 g/mol. The van der Waals surface area contributed by atoms with E-state index in [1.165, 1.54) is 0 Å². The second-order valence-electron chi connectivity index (χ2n) is 4.76. The van der Waals surface area contributed by atoms with Crippen LogP contribution in [0.5, 0.6) is 0 Å². The Morgan fingerprint density at radius 1 is 1.50 bits per heavy atom. The van der Waals surface area contributed by atoms with Gasteiger partial charge in [0.2, 0.25) is 0 Å².